The lowest BCUT2D eigenvalue weighted by atomic mass is 10.3. The summed E-state index contributed by atoms with van der Waals surface area (Å²) in [7, 11) is 0. The predicted molar refractivity (Wildman–Crippen MR) is 55.8 cm³/mol. The number of amides is 2. The van der Waals surface area contributed by atoms with E-state index >= 15 is 0 Å². The summed E-state index contributed by atoms with van der Waals surface area (Å²) in [4.78, 5) is 22.4. The van der Waals surface area contributed by atoms with E-state index in [9.17, 15) is 14.0 Å². The van der Waals surface area contributed by atoms with Crippen LogP contribution < -0.4 is 10.2 Å². The number of likely N-dealkylation sites (N-methyl/N-ethyl adjacent to an activating group) is 1. The van der Waals surface area contributed by atoms with Gasteiger partial charge in [-0.25, -0.2) is 9.18 Å². The third kappa shape index (κ3) is 3.23. The fraction of sp³-hybridized carbons (Fsp3) is 0.200. The van der Waals surface area contributed by atoms with E-state index in [0.717, 1.165) is 24.3 Å². The summed E-state index contributed by atoms with van der Waals surface area (Å²) in [6.45, 7) is -3.49. The van der Waals surface area contributed by atoms with E-state index in [1.54, 1.807) is 5.32 Å². The van der Waals surface area contributed by atoms with Crippen molar-refractivity contribution in [3.05, 3.63) is 30.1 Å². The Morgan fingerprint density at radius 1 is 1.50 bits per heavy atom. The fourth-order valence-corrected chi connectivity index (χ4v) is 0.964. The summed E-state index contributed by atoms with van der Waals surface area (Å²) < 4.78 is 34.6. The van der Waals surface area contributed by atoms with Crippen molar-refractivity contribution in [2.24, 2.45) is 0 Å². The van der Waals surface area contributed by atoms with Gasteiger partial charge in [0.05, 0.1) is 0 Å². The van der Waals surface area contributed by atoms with E-state index in [4.69, 9.17) is 9.22 Å². The van der Waals surface area contributed by atoms with Crippen LogP contribution in [0.1, 0.15) is 4.11 Å². The number of carbonyl (C=O) groups is 2. The second-order valence-electron chi connectivity index (χ2n) is 2.86. The molecule has 0 spiro atoms. The molecule has 0 aliphatic rings. The fourth-order valence-electron chi connectivity index (χ4n) is 0.964. The van der Waals surface area contributed by atoms with Gasteiger partial charge in [-0.15, -0.1) is 0 Å². The van der Waals surface area contributed by atoms with E-state index < -0.39 is 31.3 Å². The van der Waals surface area contributed by atoms with Crippen LogP contribution in [0.15, 0.2) is 24.3 Å². The summed E-state index contributed by atoms with van der Waals surface area (Å²) in [5.41, 5.74) is -0.0430. The van der Waals surface area contributed by atoms with E-state index in [2.05, 4.69) is 0 Å². The molecule has 0 unspecified atom stereocenters. The lowest BCUT2D eigenvalue weighted by Crippen LogP contribution is -2.37. The van der Waals surface area contributed by atoms with Crippen molar-refractivity contribution in [3.8, 4) is 0 Å². The van der Waals surface area contributed by atoms with Crippen LogP contribution in [0.2, 0.25) is 0 Å². The molecular formula is C10H11FN2O3. The van der Waals surface area contributed by atoms with Gasteiger partial charge in [-0.05, 0) is 24.3 Å². The highest BCUT2D eigenvalue weighted by Crippen LogP contribution is 2.12. The summed E-state index contributed by atoms with van der Waals surface area (Å²) >= 11 is 0. The Labute approximate surface area is 95.7 Å². The summed E-state index contributed by atoms with van der Waals surface area (Å²) in [5, 5.41) is 10.2. The Balaban J connectivity index is 2.99. The largest absolute Gasteiger partial charge is 0.465 e. The predicted octanol–water partition coefficient (Wildman–Crippen LogP) is 1.06. The van der Waals surface area contributed by atoms with Crippen molar-refractivity contribution < 1.29 is 23.2 Å². The smallest absolute Gasteiger partial charge is 0.405 e. The first-order valence-electron chi connectivity index (χ1n) is 5.77. The topological polar surface area (TPSA) is 69.6 Å². The van der Waals surface area contributed by atoms with Gasteiger partial charge in [0.2, 0.25) is 5.91 Å². The van der Waals surface area contributed by atoms with Gasteiger partial charge in [0.25, 0.3) is 0 Å². The molecule has 0 heterocycles. The molecule has 1 aromatic carbocycles. The van der Waals surface area contributed by atoms with Crippen LogP contribution >= 0.6 is 0 Å². The normalized spacial score (nSPS) is 13.2. The number of halogens is 1. The number of rotatable bonds is 3. The number of hydrogen-bond acceptors (Lipinski definition) is 2. The Morgan fingerprint density at radius 3 is 2.62 bits per heavy atom. The average molecular weight is 229 g/mol. The summed E-state index contributed by atoms with van der Waals surface area (Å²) in [6.07, 6.45) is -1.45. The van der Waals surface area contributed by atoms with Crippen molar-refractivity contribution in [2.75, 3.05) is 18.4 Å². The maximum absolute atomic E-state index is 12.8. The van der Waals surface area contributed by atoms with Gasteiger partial charge in [-0.3, -0.25) is 4.79 Å². The molecular weight excluding hydrogens is 215 g/mol. The summed E-state index contributed by atoms with van der Waals surface area (Å²) in [5.74, 6) is -1.54. The quantitative estimate of drug-likeness (QED) is 0.814. The van der Waals surface area contributed by atoms with Crippen molar-refractivity contribution in [1.82, 2.24) is 5.32 Å². The molecule has 0 aliphatic carbocycles. The van der Waals surface area contributed by atoms with Crippen molar-refractivity contribution in [2.45, 2.75) is 0 Å². The maximum atomic E-state index is 12.8. The second kappa shape index (κ2) is 5.11. The van der Waals surface area contributed by atoms with Crippen LogP contribution in [0, 0.1) is 5.82 Å². The molecule has 16 heavy (non-hydrogen) atoms. The third-order valence-corrected chi connectivity index (χ3v) is 1.73. The zero-order chi connectivity index (χ0) is 14.6. The van der Waals surface area contributed by atoms with E-state index in [1.807, 2.05) is 0 Å². The minimum Gasteiger partial charge on any atom is -0.465 e. The molecule has 0 saturated heterocycles. The number of nitrogens with zero attached hydrogens (tertiary/aromatic N) is 1. The number of nitrogens with one attached hydrogen (secondary N) is 1. The monoisotopic (exact) mass is 229 g/mol. The minimum atomic E-state index is -2.80. The molecule has 6 heteroatoms. The van der Waals surface area contributed by atoms with Gasteiger partial charge >= 0.3 is 6.09 Å². The molecule has 0 radical (unpaired) electrons. The average Bonchev–Trinajstić information content (AvgIpc) is 2.27. The van der Waals surface area contributed by atoms with Crippen molar-refractivity contribution in [3.63, 3.8) is 0 Å². The Hall–Kier alpha value is -2.11. The second-order valence-corrected chi connectivity index (χ2v) is 2.86. The standard InChI is InChI=1S/C10H11FN2O3/c1-13(9(14)6-12-10(15)16)8-4-2-7(11)3-5-8/h2-5,12H,6H2,1H3,(H,15,16)/i1D3. The highest BCUT2D eigenvalue weighted by Gasteiger charge is 2.11. The van der Waals surface area contributed by atoms with Crippen LogP contribution in [0.25, 0.3) is 0 Å². The van der Waals surface area contributed by atoms with Gasteiger partial charge in [-0.2, -0.15) is 0 Å². The van der Waals surface area contributed by atoms with Crippen molar-refractivity contribution >= 4 is 17.7 Å². The molecule has 0 aromatic heterocycles. The lowest BCUT2D eigenvalue weighted by Gasteiger charge is -2.16. The zero-order valence-corrected chi connectivity index (χ0v) is 8.11. The SMILES string of the molecule is [2H]C([2H])([2H])N(C(=O)CNC(=O)O)c1ccc(F)cc1. The molecule has 0 atom stereocenters. The number of carboxylic acid groups (broad SMARTS) is 1. The number of hydrogen-bond donors (Lipinski definition) is 2. The molecule has 0 aliphatic heterocycles. The van der Waals surface area contributed by atoms with Gasteiger partial charge in [0, 0.05) is 16.8 Å². The Bertz CT molecular complexity index is 476. The lowest BCUT2D eigenvalue weighted by molar-refractivity contribution is -0.117. The molecule has 1 rings (SSSR count). The maximum Gasteiger partial charge on any atom is 0.405 e. The first-order chi connectivity index (χ1) is 8.71. The van der Waals surface area contributed by atoms with Crippen LogP contribution in [-0.4, -0.2) is 30.6 Å². The Kier molecular flexibility index (Phi) is 2.58. The molecule has 0 saturated carbocycles. The van der Waals surface area contributed by atoms with Crippen LogP contribution in [-0.2, 0) is 4.79 Å². The highest BCUT2D eigenvalue weighted by molar-refractivity contribution is 5.95. The van der Waals surface area contributed by atoms with E-state index in [-0.39, 0.29) is 5.69 Å². The Morgan fingerprint density at radius 2 is 2.12 bits per heavy atom. The molecule has 5 nitrogen and oxygen atoms in total. The highest BCUT2D eigenvalue weighted by atomic mass is 19.1. The van der Waals surface area contributed by atoms with Crippen LogP contribution in [0.4, 0.5) is 14.9 Å². The molecule has 0 bridgehead atoms. The molecule has 2 amide bonds. The third-order valence-electron chi connectivity index (χ3n) is 1.73. The van der Waals surface area contributed by atoms with Crippen LogP contribution in [0.5, 0.6) is 0 Å². The van der Waals surface area contributed by atoms with Gasteiger partial charge in [-0.1, -0.05) is 0 Å². The van der Waals surface area contributed by atoms with Crippen LogP contribution in [0.3, 0.4) is 0 Å². The summed E-state index contributed by atoms with van der Waals surface area (Å²) in [6, 6.07) is 4.26. The first-order valence-corrected chi connectivity index (χ1v) is 4.27. The molecule has 1 aromatic rings. The molecule has 2 N–H and O–H groups in total. The van der Waals surface area contributed by atoms with Gasteiger partial charge < -0.3 is 15.3 Å². The molecule has 86 valence electrons. The number of benzene rings is 1. The first kappa shape index (κ1) is 8.09. The van der Waals surface area contributed by atoms with E-state index in [1.165, 1.54) is 0 Å². The zero-order valence-electron chi connectivity index (χ0n) is 11.1. The van der Waals surface area contributed by atoms with Gasteiger partial charge in [0.15, 0.2) is 0 Å². The number of anilines is 1. The van der Waals surface area contributed by atoms with E-state index in [0.29, 0.717) is 4.90 Å². The van der Waals surface area contributed by atoms with Gasteiger partial charge in [0.1, 0.15) is 12.4 Å². The minimum absolute atomic E-state index is 0.0430. The molecule has 0 fully saturated rings. The number of carbonyl (C=O) groups excluding carboxylic acids is 1. The van der Waals surface area contributed by atoms with Crippen molar-refractivity contribution in [1.29, 1.82) is 0 Å².